The summed E-state index contributed by atoms with van der Waals surface area (Å²) >= 11 is 0. The number of carbonyl (C=O) groups is 1. The van der Waals surface area contributed by atoms with Crippen molar-refractivity contribution in [1.29, 1.82) is 0 Å². The molecule has 0 bridgehead atoms. The van der Waals surface area contributed by atoms with Gasteiger partial charge in [0, 0.05) is 13.1 Å². The molecule has 0 radical (unpaired) electrons. The Hall–Kier alpha value is -0.570. The van der Waals surface area contributed by atoms with E-state index in [0.717, 1.165) is 19.5 Å². The van der Waals surface area contributed by atoms with Crippen molar-refractivity contribution >= 4 is 5.97 Å². The standard InChI is InChI=1S/C14H27NO2/c1-2-3-4-5-6-7-8-9-10-17-14(16)13-11-15-12-13/h13,15H,2-12H2,1H3. The molecule has 0 atom stereocenters. The van der Waals surface area contributed by atoms with E-state index < -0.39 is 0 Å². The molecule has 1 saturated heterocycles. The van der Waals surface area contributed by atoms with Gasteiger partial charge in [0.2, 0.25) is 0 Å². The Kier molecular flexibility index (Phi) is 8.06. The predicted octanol–water partition coefficient (Wildman–Crippen LogP) is 2.89. The summed E-state index contributed by atoms with van der Waals surface area (Å²) in [4.78, 5) is 11.4. The van der Waals surface area contributed by atoms with Crippen LogP contribution in [0.1, 0.15) is 58.3 Å². The second-order valence-corrected chi connectivity index (χ2v) is 5.00. The van der Waals surface area contributed by atoms with E-state index in [1.165, 1.54) is 44.9 Å². The summed E-state index contributed by atoms with van der Waals surface area (Å²) in [7, 11) is 0. The fraction of sp³-hybridized carbons (Fsp3) is 0.929. The summed E-state index contributed by atoms with van der Waals surface area (Å²) in [6.45, 7) is 4.46. The molecule has 3 nitrogen and oxygen atoms in total. The molecule has 1 fully saturated rings. The van der Waals surface area contributed by atoms with Crippen LogP contribution in [0.4, 0.5) is 0 Å². The largest absolute Gasteiger partial charge is 0.465 e. The number of carbonyl (C=O) groups excluding carboxylic acids is 1. The molecule has 17 heavy (non-hydrogen) atoms. The number of unbranched alkanes of at least 4 members (excludes halogenated alkanes) is 7. The molecule has 0 spiro atoms. The second-order valence-electron chi connectivity index (χ2n) is 5.00. The van der Waals surface area contributed by atoms with Crippen molar-refractivity contribution < 1.29 is 9.53 Å². The molecule has 0 amide bonds. The van der Waals surface area contributed by atoms with E-state index in [-0.39, 0.29) is 11.9 Å². The van der Waals surface area contributed by atoms with Crippen LogP contribution in [0.15, 0.2) is 0 Å². The van der Waals surface area contributed by atoms with Gasteiger partial charge in [-0.3, -0.25) is 4.79 Å². The van der Waals surface area contributed by atoms with Gasteiger partial charge in [0.05, 0.1) is 12.5 Å². The molecule has 1 N–H and O–H groups in total. The smallest absolute Gasteiger partial charge is 0.311 e. The third kappa shape index (κ3) is 6.67. The summed E-state index contributed by atoms with van der Waals surface area (Å²) in [5, 5.41) is 3.08. The van der Waals surface area contributed by atoms with Crippen molar-refractivity contribution in [2.24, 2.45) is 5.92 Å². The topological polar surface area (TPSA) is 38.3 Å². The highest BCUT2D eigenvalue weighted by Crippen LogP contribution is 2.09. The first-order chi connectivity index (χ1) is 8.34. The van der Waals surface area contributed by atoms with Gasteiger partial charge in [-0.25, -0.2) is 0 Å². The van der Waals surface area contributed by atoms with Crippen molar-refractivity contribution in [3.8, 4) is 0 Å². The van der Waals surface area contributed by atoms with Crippen LogP contribution in [0.25, 0.3) is 0 Å². The minimum Gasteiger partial charge on any atom is -0.465 e. The van der Waals surface area contributed by atoms with Gasteiger partial charge in [-0.15, -0.1) is 0 Å². The number of esters is 1. The molecule has 1 aliphatic rings. The maximum Gasteiger partial charge on any atom is 0.311 e. The van der Waals surface area contributed by atoms with Crippen molar-refractivity contribution in [1.82, 2.24) is 5.32 Å². The Morgan fingerprint density at radius 2 is 1.65 bits per heavy atom. The Labute approximate surface area is 105 Å². The first-order valence-corrected chi connectivity index (χ1v) is 7.22. The Morgan fingerprint density at radius 1 is 1.06 bits per heavy atom. The molecule has 1 heterocycles. The molecular formula is C14H27NO2. The van der Waals surface area contributed by atoms with Crippen LogP contribution < -0.4 is 5.32 Å². The van der Waals surface area contributed by atoms with Gasteiger partial charge in [0.15, 0.2) is 0 Å². The lowest BCUT2D eigenvalue weighted by Gasteiger charge is -2.24. The van der Waals surface area contributed by atoms with Crippen molar-refractivity contribution in [3.05, 3.63) is 0 Å². The van der Waals surface area contributed by atoms with Crippen LogP contribution in [-0.2, 0) is 9.53 Å². The molecule has 100 valence electrons. The highest BCUT2D eigenvalue weighted by atomic mass is 16.5. The lowest BCUT2D eigenvalue weighted by atomic mass is 10.0. The van der Waals surface area contributed by atoms with E-state index in [2.05, 4.69) is 12.2 Å². The number of hydrogen-bond acceptors (Lipinski definition) is 3. The molecule has 1 aliphatic heterocycles. The van der Waals surface area contributed by atoms with E-state index >= 15 is 0 Å². The summed E-state index contributed by atoms with van der Waals surface area (Å²) in [6.07, 6.45) is 10.3. The summed E-state index contributed by atoms with van der Waals surface area (Å²) < 4.78 is 5.21. The Balaban J connectivity index is 1.76. The Morgan fingerprint density at radius 3 is 2.18 bits per heavy atom. The third-order valence-corrected chi connectivity index (χ3v) is 3.36. The van der Waals surface area contributed by atoms with Gasteiger partial charge in [-0.1, -0.05) is 51.9 Å². The van der Waals surface area contributed by atoms with Gasteiger partial charge >= 0.3 is 5.97 Å². The monoisotopic (exact) mass is 241 g/mol. The minimum absolute atomic E-state index is 0.00769. The lowest BCUT2D eigenvalue weighted by molar-refractivity contribution is -0.150. The molecule has 0 aromatic rings. The summed E-state index contributed by atoms with van der Waals surface area (Å²) in [5.41, 5.74) is 0. The molecule has 0 aliphatic carbocycles. The second kappa shape index (κ2) is 9.46. The highest BCUT2D eigenvalue weighted by Gasteiger charge is 2.25. The molecule has 0 aromatic heterocycles. The van der Waals surface area contributed by atoms with Crippen LogP contribution in [0.3, 0.4) is 0 Å². The number of ether oxygens (including phenoxy) is 1. The minimum atomic E-state index is -0.00769. The van der Waals surface area contributed by atoms with Crippen molar-refractivity contribution in [2.75, 3.05) is 19.7 Å². The number of rotatable bonds is 10. The van der Waals surface area contributed by atoms with Crippen molar-refractivity contribution in [3.63, 3.8) is 0 Å². The zero-order chi connectivity index (χ0) is 12.3. The predicted molar refractivity (Wildman–Crippen MR) is 69.9 cm³/mol. The third-order valence-electron chi connectivity index (χ3n) is 3.36. The first kappa shape index (κ1) is 14.5. The molecule has 0 aromatic carbocycles. The molecule has 1 rings (SSSR count). The fourth-order valence-electron chi connectivity index (χ4n) is 1.98. The van der Waals surface area contributed by atoms with E-state index in [0.29, 0.717) is 6.61 Å². The van der Waals surface area contributed by atoms with Gasteiger partial charge in [0.25, 0.3) is 0 Å². The average molecular weight is 241 g/mol. The molecule has 0 saturated carbocycles. The van der Waals surface area contributed by atoms with E-state index in [1.807, 2.05) is 0 Å². The van der Waals surface area contributed by atoms with Crippen molar-refractivity contribution in [2.45, 2.75) is 58.3 Å². The fourth-order valence-corrected chi connectivity index (χ4v) is 1.98. The zero-order valence-electron chi connectivity index (χ0n) is 11.2. The Bertz CT molecular complexity index is 202. The zero-order valence-corrected chi connectivity index (χ0v) is 11.2. The first-order valence-electron chi connectivity index (χ1n) is 7.22. The maximum atomic E-state index is 11.4. The average Bonchev–Trinajstić information content (AvgIpc) is 2.24. The van der Waals surface area contributed by atoms with E-state index in [4.69, 9.17) is 4.74 Å². The normalized spacial score (nSPS) is 15.6. The number of nitrogens with one attached hydrogen (secondary N) is 1. The molecule has 3 heteroatoms. The number of hydrogen-bond donors (Lipinski definition) is 1. The lowest BCUT2D eigenvalue weighted by Crippen LogP contribution is -2.47. The summed E-state index contributed by atoms with van der Waals surface area (Å²) in [6, 6.07) is 0. The van der Waals surface area contributed by atoms with Crippen LogP contribution in [-0.4, -0.2) is 25.7 Å². The van der Waals surface area contributed by atoms with Crippen LogP contribution >= 0.6 is 0 Å². The van der Waals surface area contributed by atoms with Gasteiger partial charge in [-0.2, -0.15) is 0 Å². The van der Waals surface area contributed by atoms with Crippen LogP contribution in [0, 0.1) is 5.92 Å². The maximum absolute atomic E-state index is 11.4. The quantitative estimate of drug-likeness (QED) is 0.472. The molecular weight excluding hydrogens is 214 g/mol. The van der Waals surface area contributed by atoms with E-state index in [1.54, 1.807) is 0 Å². The van der Waals surface area contributed by atoms with Gasteiger partial charge in [-0.05, 0) is 6.42 Å². The SMILES string of the molecule is CCCCCCCCCCOC(=O)C1CNC1. The summed E-state index contributed by atoms with van der Waals surface area (Å²) in [5.74, 6) is 0.121. The van der Waals surface area contributed by atoms with Crippen LogP contribution in [0.2, 0.25) is 0 Å². The molecule has 0 unspecified atom stereocenters. The van der Waals surface area contributed by atoms with Crippen LogP contribution in [0.5, 0.6) is 0 Å². The van der Waals surface area contributed by atoms with Gasteiger partial charge in [0.1, 0.15) is 0 Å². The van der Waals surface area contributed by atoms with Gasteiger partial charge < -0.3 is 10.1 Å². The highest BCUT2D eigenvalue weighted by molar-refractivity contribution is 5.73. The van der Waals surface area contributed by atoms with E-state index in [9.17, 15) is 4.79 Å².